The summed E-state index contributed by atoms with van der Waals surface area (Å²) >= 11 is 1.59. The normalized spacial score (nSPS) is 10.8. The SMILES string of the molecule is NCC(=O)c1ccc(Oc2ncnc3sc(-c4ccccc4)cc23)cc1. The number of thiophene rings is 1. The zero-order valence-corrected chi connectivity index (χ0v) is 14.6. The number of hydrogen-bond donors (Lipinski definition) is 1. The Hall–Kier alpha value is -3.09. The van der Waals surface area contributed by atoms with Crippen LogP contribution in [0.2, 0.25) is 0 Å². The van der Waals surface area contributed by atoms with E-state index in [9.17, 15) is 4.79 Å². The summed E-state index contributed by atoms with van der Waals surface area (Å²) in [5.41, 5.74) is 7.08. The summed E-state index contributed by atoms with van der Waals surface area (Å²) in [5, 5.41) is 0.860. The number of rotatable bonds is 5. The minimum Gasteiger partial charge on any atom is -0.438 e. The molecule has 2 aromatic heterocycles. The molecule has 0 unspecified atom stereocenters. The molecular weight excluding hydrogens is 346 g/mol. The van der Waals surface area contributed by atoms with Gasteiger partial charge in [-0.15, -0.1) is 11.3 Å². The summed E-state index contributed by atoms with van der Waals surface area (Å²) in [4.78, 5) is 22.2. The summed E-state index contributed by atoms with van der Waals surface area (Å²) in [6, 6.07) is 19.0. The molecule has 2 aromatic carbocycles. The largest absolute Gasteiger partial charge is 0.438 e. The van der Waals surface area contributed by atoms with Crippen LogP contribution in [0.15, 0.2) is 67.0 Å². The van der Waals surface area contributed by atoms with E-state index >= 15 is 0 Å². The molecule has 0 aliphatic carbocycles. The van der Waals surface area contributed by atoms with Gasteiger partial charge in [0.1, 0.15) is 16.9 Å². The smallest absolute Gasteiger partial charge is 0.231 e. The molecule has 0 aliphatic rings. The molecule has 26 heavy (non-hydrogen) atoms. The third-order valence-electron chi connectivity index (χ3n) is 3.93. The van der Waals surface area contributed by atoms with Crippen LogP contribution in [0.25, 0.3) is 20.7 Å². The highest BCUT2D eigenvalue weighted by Crippen LogP contribution is 2.36. The van der Waals surface area contributed by atoms with Crippen molar-refractivity contribution in [3.05, 3.63) is 72.6 Å². The van der Waals surface area contributed by atoms with Crippen molar-refractivity contribution >= 4 is 27.3 Å². The molecule has 5 nitrogen and oxygen atoms in total. The van der Waals surface area contributed by atoms with E-state index in [-0.39, 0.29) is 12.3 Å². The molecule has 0 spiro atoms. The molecule has 4 aromatic rings. The molecule has 6 heteroatoms. The van der Waals surface area contributed by atoms with Gasteiger partial charge < -0.3 is 10.5 Å². The van der Waals surface area contributed by atoms with Gasteiger partial charge in [0.15, 0.2) is 5.78 Å². The molecule has 0 fully saturated rings. The summed E-state index contributed by atoms with van der Waals surface area (Å²) in [6.45, 7) is -0.0100. The number of Topliss-reactive ketones (excluding diaryl/α,β-unsaturated/α-hetero) is 1. The Morgan fingerprint density at radius 3 is 2.54 bits per heavy atom. The first kappa shape index (κ1) is 16.4. The number of ether oxygens (including phenoxy) is 1. The van der Waals surface area contributed by atoms with Crippen molar-refractivity contribution in [3.8, 4) is 22.1 Å². The maximum Gasteiger partial charge on any atom is 0.231 e. The maximum atomic E-state index is 11.6. The number of ketones is 1. The molecule has 0 amide bonds. The second-order valence-corrected chi connectivity index (χ2v) is 6.66. The third-order valence-corrected chi connectivity index (χ3v) is 5.02. The van der Waals surface area contributed by atoms with Crippen LogP contribution in [0.1, 0.15) is 10.4 Å². The molecule has 0 atom stereocenters. The van der Waals surface area contributed by atoms with Crippen LogP contribution < -0.4 is 10.5 Å². The van der Waals surface area contributed by atoms with Crippen LogP contribution in [0.5, 0.6) is 11.6 Å². The number of fused-ring (bicyclic) bond motifs is 1. The number of nitrogens with two attached hydrogens (primary N) is 1. The first-order valence-corrected chi connectivity index (χ1v) is 8.87. The summed E-state index contributed by atoms with van der Waals surface area (Å²) in [5.74, 6) is 0.990. The molecule has 4 rings (SSSR count). The van der Waals surface area contributed by atoms with Crippen LogP contribution in [0.3, 0.4) is 0 Å². The Labute approximate surface area is 154 Å². The molecule has 0 bridgehead atoms. The molecule has 2 heterocycles. The lowest BCUT2D eigenvalue weighted by Gasteiger charge is -2.06. The van der Waals surface area contributed by atoms with Gasteiger partial charge in [-0.05, 0) is 35.9 Å². The van der Waals surface area contributed by atoms with Crippen LogP contribution in [-0.4, -0.2) is 22.3 Å². The van der Waals surface area contributed by atoms with E-state index < -0.39 is 0 Å². The Morgan fingerprint density at radius 2 is 1.81 bits per heavy atom. The number of nitrogens with zero attached hydrogens (tertiary/aromatic N) is 2. The highest BCUT2D eigenvalue weighted by atomic mass is 32.1. The minimum absolute atomic E-state index is 0.0100. The van der Waals surface area contributed by atoms with E-state index in [2.05, 4.69) is 22.1 Å². The molecule has 0 saturated heterocycles. The fraction of sp³-hybridized carbons (Fsp3) is 0.0500. The van der Waals surface area contributed by atoms with Crippen LogP contribution in [-0.2, 0) is 0 Å². The van der Waals surface area contributed by atoms with Gasteiger partial charge >= 0.3 is 0 Å². The zero-order chi connectivity index (χ0) is 17.9. The van der Waals surface area contributed by atoms with Gasteiger partial charge in [-0.25, -0.2) is 9.97 Å². The van der Waals surface area contributed by atoms with E-state index in [1.54, 1.807) is 35.6 Å². The van der Waals surface area contributed by atoms with E-state index in [4.69, 9.17) is 10.5 Å². The van der Waals surface area contributed by atoms with Crippen molar-refractivity contribution in [3.63, 3.8) is 0 Å². The quantitative estimate of drug-likeness (QED) is 0.537. The zero-order valence-electron chi connectivity index (χ0n) is 13.8. The Kier molecular flexibility index (Phi) is 4.43. The van der Waals surface area contributed by atoms with Gasteiger partial charge in [-0.2, -0.15) is 0 Å². The molecule has 128 valence electrons. The van der Waals surface area contributed by atoms with Crippen molar-refractivity contribution in [2.45, 2.75) is 0 Å². The van der Waals surface area contributed by atoms with E-state index in [1.807, 2.05) is 24.3 Å². The third kappa shape index (κ3) is 3.20. The van der Waals surface area contributed by atoms with Crippen molar-refractivity contribution in [1.82, 2.24) is 9.97 Å². The van der Waals surface area contributed by atoms with Crippen LogP contribution in [0, 0.1) is 0 Å². The molecule has 0 aliphatic heterocycles. The first-order valence-electron chi connectivity index (χ1n) is 8.06. The van der Waals surface area contributed by atoms with Crippen LogP contribution in [0.4, 0.5) is 0 Å². The average Bonchev–Trinajstić information content (AvgIpc) is 3.14. The van der Waals surface area contributed by atoms with Gasteiger partial charge in [0.25, 0.3) is 0 Å². The van der Waals surface area contributed by atoms with Gasteiger partial charge in [0, 0.05) is 10.4 Å². The summed E-state index contributed by atoms with van der Waals surface area (Å²) in [6.07, 6.45) is 1.50. The Balaban J connectivity index is 1.66. The van der Waals surface area contributed by atoms with Crippen molar-refractivity contribution in [2.75, 3.05) is 6.54 Å². The second-order valence-electron chi connectivity index (χ2n) is 5.63. The highest BCUT2D eigenvalue weighted by molar-refractivity contribution is 7.21. The second kappa shape index (κ2) is 7.03. The van der Waals surface area contributed by atoms with Gasteiger partial charge in [-0.3, -0.25) is 4.79 Å². The van der Waals surface area contributed by atoms with Crippen molar-refractivity contribution < 1.29 is 9.53 Å². The summed E-state index contributed by atoms with van der Waals surface area (Å²) < 4.78 is 5.92. The lowest BCUT2D eigenvalue weighted by molar-refractivity contribution is 0.100. The first-order chi connectivity index (χ1) is 12.7. The predicted octanol–water partition coefficient (Wildman–Crippen LogP) is 4.29. The lowest BCUT2D eigenvalue weighted by Crippen LogP contribution is -2.13. The number of aromatic nitrogens is 2. The monoisotopic (exact) mass is 361 g/mol. The lowest BCUT2D eigenvalue weighted by atomic mass is 10.1. The Bertz CT molecular complexity index is 1060. The van der Waals surface area contributed by atoms with Gasteiger partial charge in [0.05, 0.1) is 11.9 Å². The van der Waals surface area contributed by atoms with Crippen LogP contribution >= 0.6 is 11.3 Å². The number of hydrogen-bond acceptors (Lipinski definition) is 6. The van der Waals surface area contributed by atoms with E-state index in [0.717, 1.165) is 20.7 Å². The molecular formula is C20H15N3O2S. The maximum absolute atomic E-state index is 11.6. The Morgan fingerprint density at radius 1 is 1.04 bits per heavy atom. The van der Waals surface area contributed by atoms with Gasteiger partial charge in [0.2, 0.25) is 5.88 Å². The topological polar surface area (TPSA) is 78.1 Å². The molecule has 0 saturated carbocycles. The standard InChI is InChI=1S/C20H15N3O2S/c21-11-17(24)13-6-8-15(9-7-13)25-19-16-10-18(14-4-2-1-3-5-14)26-20(16)23-12-22-19/h1-10,12H,11,21H2. The fourth-order valence-electron chi connectivity index (χ4n) is 2.60. The highest BCUT2D eigenvalue weighted by Gasteiger charge is 2.12. The van der Waals surface area contributed by atoms with E-state index in [1.165, 1.54) is 6.33 Å². The van der Waals surface area contributed by atoms with E-state index in [0.29, 0.717) is 17.2 Å². The predicted molar refractivity (Wildman–Crippen MR) is 103 cm³/mol. The number of carbonyl (C=O) groups excluding carboxylic acids is 1. The van der Waals surface area contributed by atoms with Crippen molar-refractivity contribution in [2.24, 2.45) is 5.73 Å². The number of carbonyl (C=O) groups is 1. The summed E-state index contributed by atoms with van der Waals surface area (Å²) in [7, 11) is 0. The average molecular weight is 361 g/mol. The molecule has 0 radical (unpaired) electrons. The molecule has 2 N–H and O–H groups in total. The minimum atomic E-state index is -0.105. The van der Waals surface area contributed by atoms with Gasteiger partial charge in [-0.1, -0.05) is 30.3 Å². The fourth-order valence-corrected chi connectivity index (χ4v) is 3.59. The van der Waals surface area contributed by atoms with Crippen molar-refractivity contribution in [1.29, 1.82) is 0 Å². The number of benzene rings is 2.